The summed E-state index contributed by atoms with van der Waals surface area (Å²) in [7, 11) is -1.43. The van der Waals surface area contributed by atoms with Crippen LogP contribution in [-0.2, 0) is 21.2 Å². The molecule has 1 aromatic rings. The topological polar surface area (TPSA) is 76.5 Å². The quantitative estimate of drug-likeness (QED) is 0.749. The molecule has 19 heavy (non-hydrogen) atoms. The number of pyridine rings is 1. The van der Waals surface area contributed by atoms with Crippen LogP contribution in [-0.4, -0.2) is 48.4 Å². The molecule has 1 aromatic heterocycles. The molecule has 1 aliphatic rings. The lowest BCUT2D eigenvalue weighted by molar-refractivity contribution is -0.132. The maximum atomic E-state index is 12.0. The van der Waals surface area contributed by atoms with E-state index in [1.165, 1.54) is 15.5 Å². The Morgan fingerprint density at radius 2 is 2.21 bits per heavy atom. The molecule has 1 saturated heterocycles. The molecule has 7 heteroatoms. The zero-order valence-corrected chi connectivity index (χ0v) is 11.5. The number of amides is 1. The van der Waals surface area contributed by atoms with Gasteiger partial charge in [-0.1, -0.05) is 6.07 Å². The fraction of sp³-hybridized carbons (Fsp3) is 0.500. The molecule has 1 amide bonds. The van der Waals surface area contributed by atoms with Crippen molar-refractivity contribution in [2.45, 2.75) is 19.0 Å². The monoisotopic (exact) mass is 284 g/mol. The molecule has 0 aliphatic carbocycles. The predicted molar refractivity (Wildman–Crippen MR) is 70.5 cm³/mol. The number of hydrogen-bond acceptors (Lipinski definition) is 4. The summed E-state index contributed by atoms with van der Waals surface area (Å²) in [4.78, 5) is 25.0. The normalized spacial score (nSPS) is 21.2. The van der Waals surface area contributed by atoms with Gasteiger partial charge in [-0.15, -0.1) is 0 Å². The van der Waals surface area contributed by atoms with Gasteiger partial charge in [-0.05, 0) is 12.5 Å². The second-order valence-corrected chi connectivity index (χ2v) is 6.96. The summed E-state index contributed by atoms with van der Waals surface area (Å²) in [5, 5.41) is 0. The minimum Gasteiger partial charge on any atom is -0.340 e. The van der Waals surface area contributed by atoms with Gasteiger partial charge >= 0.3 is 0 Å². The minimum absolute atomic E-state index is 0.0128. The van der Waals surface area contributed by atoms with E-state index in [0.29, 0.717) is 6.42 Å². The third kappa shape index (κ3) is 3.23. The van der Waals surface area contributed by atoms with Gasteiger partial charge in [0.2, 0.25) is 5.91 Å². The zero-order valence-electron chi connectivity index (χ0n) is 10.7. The Hall–Kier alpha value is -1.63. The average Bonchev–Trinajstić information content (AvgIpc) is 2.71. The lowest BCUT2D eigenvalue weighted by Crippen LogP contribution is -2.41. The summed E-state index contributed by atoms with van der Waals surface area (Å²) in [6.07, 6.45) is 2.01. The van der Waals surface area contributed by atoms with Gasteiger partial charge in [0.25, 0.3) is 5.56 Å². The standard InChI is InChI=1S/C12H16N2O4S/c1-13(10-5-7-19(17,18)9-10)12(16)8-14-6-3-2-4-11(14)15/h2-4,6,10H,5,7-9H2,1H3. The zero-order chi connectivity index (χ0) is 14.0. The van der Waals surface area contributed by atoms with E-state index in [4.69, 9.17) is 0 Å². The van der Waals surface area contributed by atoms with Crippen LogP contribution in [0.15, 0.2) is 29.2 Å². The van der Waals surface area contributed by atoms with Gasteiger partial charge in [0, 0.05) is 25.4 Å². The van der Waals surface area contributed by atoms with Crippen LogP contribution in [0.1, 0.15) is 6.42 Å². The van der Waals surface area contributed by atoms with E-state index in [0.717, 1.165) is 0 Å². The molecular weight excluding hydrogens is 268 g/mol. The molecule has 0 aromatic carbocycles. The van der Waals surface area contributed by atoms with Crippen LogP contribution in [0.4, 0.5) is 0 Å². The van der Waals surface area contributed by atoms with Crippen molar-refractivity contribution < 1.29 is 13.2 Å². The molecule has 0 bridgehead atoms. The van der Waals surface area contributed by atoms with Crippen molar-refractivity contribution in [3.63, 3.8) is 0 Å². The van der Waals surface area contributed by atoms with E-state index in [9.17, 15) is 18.0 Å². The van der Waals surface area contributed by atoms with Crippen molar-refractivity contribution >= 4 is 15.7 Å². The first-order chi connectivity index (χ1) is 8.89. The number of aromatic nitrogens is 1. The van der Waals surface area contributed by atoms with Crippen molar-refractivity contribution in [3.05, 3.63) is 34.7 Å². The molecule has 0 spiro atoms. The lowest BCUT2D eigenvalue weighted by Gasteiger charge is -2.23. The number of sulfone groups is 1. The first-order valence-corrected chi connectivity index (χ1v) is 7.83. The fourth-order valence-electron chi connectivity index (χ4n) is 2.13. The first-order valence-electron chi connectivity index (χ1n) is 6.00. The number of likely N-dealkylation sites (N-methyl/N-ethyl adjacent to an activating group) is 1. The van der Waals surface area contributed by atoms with E-state index < -0.39 is 9.84 Å². The SMILES string of the molecule is CN(C(=O)Cn1ccccc1=O)C1CCS(=O)(=O)C1. The van der Waals surface area contributed by atoms with Gasteiger partial charge in [0.05, 0.1) is 11.5 Å². The number of rotatable bonds is 3. The number of nitrogens with zero attached hydrogens (tertiary/aromatic N) is 2. The van der Waals surface area contributed by atoms with E-state index >= 15 is 0 Å². The third-order valence-corrected chi connectivity index (χ3v) is 5.10. The van der Waals surface area contributed by atoms with Crippen LogP contribution >= 0.6 is 0 Å². The summed E-state index contributed by atoms with van der Waals surface area (Å²) < 4.78 is 24.1. The molecular formula is C12H16N2O4S. The summed E-state index contributed by atoms with van der Waals surface area (Å²) in [5.74, 6) is -0.116. The van der Waals surface area contributed by atoms with Crippen molar-refractivity contribution in [2.24, 2.45) is 0 Å². The second-order valence-electron chi connectivity index (χ2n) is 4.73. The number of carbonyl (C=O) groups excluding carboxylic acids is 1. The van der Waals surface area contributed by atoms with Crippen LogP contribution in [0, 0.1) is 0 Å². The predicted octanol–water partition coefficient (Wildman–Crippen LogP) is -0.506. The third-order valence-electron chi connectivity index (χ3n) is 3.35. The maximum Gasteiger partial charge on any atom is 0.250 e. The number of hydrogen-bond donors (Lipinski definition) is 0. The molecule has 104 valence electrons. The Kier molecular flexibility index (Phi) is 3.75. The van der Waals surface area contributed by atoms with E-state index in [-0.39, 0.29) is 35.6 Å². The Morgan fingerprint density at radius 1 is 1.47 bits per heavy atom. The molecule has 0 saturated carbocycles. The van der Waals surface area contributed by atoms with Crippen LogP contribution in [0.3, 0.4) is 0 Å². The highest BCUT2D eigenvalue weighted by atomic mass is 32.2. The van der Waals surface area contributed by atoms with Gasteiger partial charge in [-0.25, -0.2) is 8.42 Å². The van der Waals surface area contributed by atoms with Crippen LogP contribution in [0.25, 0.3) is 0 Å². The number of carbonyl (C=O) groups is 1. The highest BCUT2D eigenvalue weighted by Gasteiger charge is 2.32. The minimum atomic E-state index is -3.02. The van der Waals surface area contributed by atoms with Crippen molar-refractivity contribution in [1.29, 1.82) is 0 Å². The van der Waals surface area contributed by atoms with E-state index in [1.54, 1.807) is 25.4 Å². The Morgan fingerprint density at radius 3 is 2.79 bits per heavy atom. The van der Waals surface area contributed by atoms with Gasteiger partial charge in [-0.3, -0.25) is 9.59 Å². The molecule has 6 nitrogen and oxygen atoms in total. The Bertz CT molecular complexity index is 635. The Balaban J connectivity index is 2.05. The molecule has 1 fully saturated rings. The molecule has 0 radical (unpaired) electrons. The van der Waals surface area contributed by atoms with Crippen LogP contribution < -0.4 is 5.56 Å². The van der Waals surface area contributed by atoms with Gasteiger partial charge < -0.3 is 9.47 Å². The molecule has 2 heterocycles. The smallest absolute Gasteiger partial charge is 0.250 e. The summed E-state index contributed by atoms with van der Waals surface area (Å²) >= 11 is 0. The molecule has 2 rings (SSSR count). The van der Waals surface area contributed by atoms with E-state index in [2.05, 4.69) is 0 Å². The molecule has 1 unspecified atom stereocenters. The van der Waals surface area contributed by atoms with Crippen molar-refractivity contribution in [3.8, 4) is 0 Å². The lowest BCUT2D eigenvalue weighted by atomic mass is 10.2. The van der Waals surface area contributed by atoms with Crippen molar-refractivity contribution in [2.75, 3.05) is 18.6 Å². The molecule has 1 aliphatic heterocycles. The van der Waals surface area contributed by atoms with Crippen LogP contribution in [0.2, 0.25) is 0 Å². The van der Waals surface area contributed by atoms with Gasteiger partial charge in [0.15, 0.2) is 9.84 Å². The fourth-order valence-corrected chi connectivity index (χ4v) is 3.91. The average molecular weight is 284 g/mol. The molecule has 1 atom stereocenters. The van der Waals surface area contributed by atoms with Gasteiger partial charge in [0.1, 0.15) is 6.54 Å². The van der Waals surface area contributed by atoms with Crippen LogP contribution in [0.5, 0.6) is 0 Å². The van der Waals surface area contributed by atoms with Gasteiger partial charge in [-0.2, -0.15) is 0 Å². The summed E-state index contributed by atoms with van der Waals surface area (Å²) in [6.45, 7) is -0.0628. The second kappa shape index (κ2) is 5.16. The summed E-state index contributed by atoms with van der Waals surface area (Å²) in [6, 6.07) is 4.38. The van der Waals surface area contributed by atoms with Crippen molar-refractivity contribution in [1.82, 2.24) is 9.47 Å². The first kappa shape index (κ1) is 13.8. The Labute approximate surface area is 111 Å². The highest BCUT2D eigenvalue weighted by molar-refractivity contribution is 7.91. The van der Waals surface area contributed by atoms with E-state index in [1.807, 2.05) is 0 Å². The highest BCUT2D eigenvalue weighted by Crippen LogP contribution is 2.16. The molecule has 0 N–H and O–H groups in total. The maximum absolute atomic E-state index is 12.0. The largest absolute Gasteiger partial charge is 0.340 e. The summed E-state index contributed by atoms with van der Waals surface area (Å²) in [5.41, 5.74) is -0.247.